The second-order valence-electron chi connectivity index (χ2n) is 5.06. The molecule has 2 N–H and O–H groups in total. The van der Waals surface area contributed by atoms with Crippen LogP contribution in [0.25, 0.3) is 11.0 Å². The summed E-state index contributed by atoms with van der Waals surface area (Å²) in [6.45, 7) is 7.60. The van der Waals surface area contributed by atoms with E-state index in [1.165, 1.54) is 6.92 Å². The summed E-state index contributed by atoms with van der Waals surface area (Å²) < 4.78 is 5.58. The van der Waals surface area contributed by atoms with Gasteiger partial charge in [-0.2, -0.15) is 0 Å². The Hall–Kier alpha value is -2.34. The van der Waals surface area contributed by atoms with Crippen molar-refractivity contribution in [2.75, 3.05) is 13.1 Å². The Kier molecular flexibility index (Phi) is 4.82. The van der Waals surface area contributed by atoms with Crippen molar-refractivity contribution >= 4 is 16.8 Å². The molecule has 2 rings (SSSR count). The number of rotatable bonds is 5. The fourth-order valence-corrected chi connectivity index (χ4v) is 2.39. The number of hydrogen-bond donors (Lipinski definition) is 2. The van der Waals surface area contributed by atoms with Crippen LogP contribution in [0.3, 0.4) is 0 Å². The van der Waals surface area contributed by atoms with E-state index in [1.54, 1.807) is 18.2 Å². The summed E-state index contributed by atoms with van der Waals surface area (Å²) >= 11 is 0. The van der Waals surface area contributed by atoms with E-state index < -0.39 is 0 Å². The van der Waals surface area contributed by atoms with Crippen molar-refractivity contribution in [2.24, 2.45) is 5.16 Å². The number of carbonyl (C=O) groups is 1. The minimum atomic E-state index is -0.253. The van der Waals surface area contributed by atoms with Crippen molar-refractivity contribution in [3.05, 3.63) is 34.9 Å². The molecule has 0 bridgehead atoms. The summed E-state index contributed by atoms with van der Waals surface area (Å²) in [6, 6.07) is 4.87. The molecule has 0 saturated heterocycles. The lowest BCUT2D eigenvalue weighted by Gasteiger charge is -2.19. The molecule has 0 saturated carbocycles. The number of ketones is 1. The van der Waals surface area contributed by atoms with Crippen molar-refractivity contribution in [3.63, 3.8) is 0 Å². The van der Waals surface area contributed by atoms with Crippen LogP contribution in [0.1, 0.15) is 36.7 Å². The predicted octanol–water partition coefficient (Wildman–Crippen LogP) is 2.47. The van der Waals surface area contributed by atoms with E-state index in [2.05, 4.69) is 10.1 Å². The first-order valence-corrected chi connectivity index (χ1v) is 7.21. The van der Waals surface area contributed by atoms with E-state index in [-0.39, 0.29) is 22.7 Å². The maximum Gasteiger partial charge on any atom is 0.266 e. The number of fused-ring (bicyclic) bond motifs is 1. The molecule has 22 heavy (non-hydrogen) atoms. The molecule has 1 heterocycles. The summed E-state index contributed by atoms with van der Waals surface area (Å²) in [6.07, 6.45) is 0. The molecular formula is C16H20N2O4. The maximum absolute atomic E-state index is 11.6. The smallest absolute Gasteiger partial charge is 0.266 e. The van der Waals surface area contributed by atoms with E-state index in [9.17, 15) is 9.90 Å². The van der Waals surface area contributed by atoms with Crippen LogP contribution in [0.4, 0.5) is 0 Å². The lowest BCUT2D eigenvalue weighted by Crippen LogP contribution is -2.22. The Morgan fingerprint density at radius 2 is 2.00 bits per heavy atom. The Morgan fingerprint density at radius 3 is 2.55 bits per heavy atom. The van der Waals surface area contributed by atoms with Crippen LogP contribution < -0.4 is 5.55 Å². The molecule has 0 unspecified atom stereocenters. The van der Waals surface area contributed by atoms with Gasteiger partial charge in [0, 0.05) is 11.9 Å². The van der Waals surface area contributed by atoms with Crippen molar-refractivity contribution in [1.29, 1.82) is 0 Å². The third-order valence-electron chi connectivity index (χ3n) is 3.74. The molecule has 0 fully saturated rings. The number of carbonyl (C=O) groups excluding carboxylic acids is 1. The largest absolute Gasteiger partial charge is 0.507 e. The Morgan fingerprint density at radius 1 is 1.32 bits per heavy atom. The van der Waals surface area contributed by atoms with E-state index in [0.717, 1.165) is 13.1 Å². The number of benzene rings is 1. The molecule has 0 spiro atoms. The van der Waals surface area contributed by atoms with Gasteiger partial charge in [0.15, 0.2) is 5.78 Å². The van der Waals surface area contributed by atoms with Gasteiger partial charge in [-0.05, 0) is 43.4 Å². The van der Waals surface area contributed by atoms with Crippen LogP contribution in [0, 0.1) is 0 Å². The highest BCUT2D eigenvalue weighted by atomic mass is 16.5. The predicted molar refractivity (Wildman–Crippen MR) is 81.9 cm³/mol. The van der Waals surface area contributed by atoms with Crippen molar-refractivity contribution in [2.45, 2.75) is 27.3 Å². The zero-order chi connectivity index (χ0) is 16.3. The highest BCUT2D eigenvalue weighted by molar-refractivity contribution is 5.97. The van der Waals surface area contributed by atoms with Crippen molar-refractivity contribution in [1.82, 2.24) is 4.90 Å². The number of phenolic OH excluding ortho intramolecular Hbond substituents is 1. The standard InChI is InChI=1S/C16H20N2O4/c1-4-18(5-2)9-13-14(20)7-6-11-8-12(10(3)19)16(17-21)22-15(11)13/h6-8,20-21H,4-5,9H2,1-3H3. The number of Topliss-reactive ketones (excluding diaryl/α,β-unsaturated/α-hetero) is 1. The van der Waals surface area contributed by atoms with Gasteiger partial charge in [-0.3, -0.25) is 9.69 Å². The van der Waals surface area contributed by atoms with E-state index >= 15 is 0 Å². The van der Waals surface area contributed by atoms with E-state index in [4.69, 9.17) is 9.62 Å². The second kappa shape index (κ2) is 6.62. The van der Waals surface area contributed by atoms with Gasteiger partial charge < -0.3 is 14.7 Å². The SMILES string of the molecule is CCN(CC)Cc1c(O)ccc2cc(C(C)=O)c(=NO)oc12. The van der Waals surface area contributed by atoms with Crippen molar-refractivity contribution in [3.8, 4) is 5.75 Å². The molecule has 0 radical (unpaired) electrons. The first-order valence-electron chi connectivity index (χ1n) is 7.21. The molecule has 1 aromatic carbocycles. The molecule has 2 aromatic rings. The van der Waals surface area contributed by atoms with Gasteiger partial charge in [0.2, 0.25) is 0 Å². The fourth-order valence-electron chi connectivity index (χ4n) is 2.39. The highest BCUT2D eigenvalue weighted by Crippen LogP contribution is 2.28. The molecule has 0 aliphatic heterocycles. The number of hydrogen-bond acceptors (Lipinski definition) is 6. The molecule has 118 valence electrons. The minimum Gasteiger partial charge on any atom is -0.507 e. The lowest BCUT2D eigenvalue weighted by atomic mass is 10.1. The van der Waals surface area contributed by atoms with E-state index in [1.807, 2.05) is 13.8 Å². The number of phenols is 1. The zero-order valence-corrected chi connectivity index (χ0v) is 13.0. The molecule has 6 heteroatoms. The molecule has 0 aliphatic rings. The fraction of sp³-hybridized carbons (Fsp3) is 0.375. The zero-order valence-electron chi connectivity index (χ0n) is 13.0. The van der Waals surface area contributed by atoms with Crippen molar-refractivity contribution < 1.29 is 19.5 Å². The molecule has 0 aliphatic carbocycles. The van der Waals surface area contributed by atoms with Crippen LogP contribution in [0.5, 0.6) is 5.75 Å². The molecule has 0 atom stereocenters. The van der Waals surface area contributed by atoms with Gasteiger partial charge in [-0.25, -0.2) is 0 Å². The van der Waals surface area contributed by atoms with Crippen LogP contribution in [0.2, 0.25) is 0 Å². The van der Waals surface area contributed by atoms with Crippen LogP contribution in [-0.2, 0) is 6.54 Å². The Labute approximate surface area is 128 Å². The molecule has 6 nitrogen and oxygen atoms in total. The Bertz CT molecular complexity index is 761. The monoisotopic (exact) mass is 304 g/mol. The minimum absolute atomic E-state index is 0.114. The summed E-state index contributed by atoms with van der Waals surface area (Å²) in [5.41, 5.74) is 1.09. The quantitative estimate of drug-likeness (QED) is 0.503. The lowest BCUT2D eigenvalue weighted by molar-refractivity contribution is 0.101. The van der Waals surface area contributed by atoms with Crippen LogP contribution in [0.15, 0.2) is 27.8 Å². The summed E-state index contributed by atoms with van der Waals surface area (Å²) in [5, 5.41) is 22.9. The first-order chi connectivity index (χ1) is 10.5. The van der Waals surface area contributed by atoms with E-state index in [0.29, 0.717) is 23.1 Å². The maximum atomic E-state index is 11.6. The summed E-state index contributed by atoms with van der Waals surface area (Å²) in [4.78, 5) is 13.7. The third-order valence-corrected chi connectivity index (χ3v) is 3.74. The topological polar surface area (TPSA) is 86.3 Å². The second-order valence-corrected chi connectivity index (χ2v) is 5.06. The van der Waals surface area contributed by atoms with Gasteiger partial charge in [0.25, 0.3) is 5.55 Å². The van der Waals surface area contributed by atoms with Gasteiger partial charge in [-0.1, -0.05) is 13.8 Å². The molecule has 0 amide bonds. The summed E-state index contributed by atoms with van der Waals surface area (Å²) in [5.74, 6) is -0.139. The normalized spacial score (nSPS) is 12.3. The highest BCUT2D eigenvalue weighted by Gasteiger charge is 2.15. The molecule has 1 aromatic heterocycles. The average molecular weight is 304 g/mol. The number of aromatic hydroxyl groups is 1. The van der Waals surface area contributed by atoms with Crippen LogP contribution >= 0.6 is 0 Å². The summed E-state index contributed by atoms with van der Waals surface area (Å²) in [7, 11) is 0. The van der Waals surface area contributed by atoms with Crippen LogP contribution in [-0.4, -0.2) is 34.1 Å². The van der Waals surface area contributed by atoms with Gasteiger partial charge in [0.1, 0.15) is 11.3 Å². The average Bonchev–Trinajstić information content (AvgIpc) is 2.52. The third kappa shape index (κ3) is 2.96. The Balaban J connectivity index is 2.71. The van der Waals surface area contributed by atoms with Gasteiger partial charge >= 0.3 is 0 Å². The first kappa shape index (κ1) is 16.0. The van der Waals surface area contributed by atoms with Gasteiger partial charge in [0.05, 0.1) is 11.1 Å². The molecular weight excluding hydrogens is 284 g/mol. The number of nitrogens with zero attached hydrogens (tertiary/aromatic N) is 2. The van der Waals surface area contributed by atoms with Gasteiger partial charge in [-0.15, -0.1) is 0 Å².